The molecule has 106 valence electrons. The van der Waals surface area contributed by atoms with Crippen LogP contribution in [0.2, 0.25) is 0 Å². The number of halogens is 4. The van der Waals surface area contributed by atoms with E-state index in [0.717, 1.165) is 14.5 Å². The van der Waals surface area contributed by atoms with Crippen LogP contribution in [0.3, 0.4) is 0 Å². The fourth-order valence-corrected chi connectivity index (χ4v) is 3.08. The van der Waals surface area contributed by atoms with Crippen LogP contribution in [0.4, 0.5) is 8.78 Å². The first kappa shape index (κ1) is 15.6. The molecular formula is C15H13Br2F2N. The van der Waals surface area contributed by atoms with E-state index in [1.807, 2.05) is 13.0 Å². The van der Waals surface area contributed by atoms with E-state index in [1.54, 1.807) is 13.0 Å². The molecule has 0 aliphatic heterocycles. The lowest BCUT2D eigenvalue weighted by Gasteiger charge is -2.18. The molecule has 0 bridgehead atoms. The Morgan fingerprint density at radius 2 is 1.65 bits per heavy atom. The van der Waals surface area contributed by atoms with E-state index < -0.39 is 17.7 Å². The van der Waals surface area contributed by atoms with E-state index >= 15 is 0 Å². The summed E-state index contributed by atoms with van der Waals surface area (Å²) in [7, 11) is 0. The molecule has 0 radical (unpaired) electrons. The number of nitrogens with two attached hydrogens (primary N) is 1. The van der Waals surface area contributed by atoms with Crippen molar-refractivity contribution in [2.75, 3.05) is 0 Å². The van der Waals surface area contributed by atoms with Crippen molar-refractivity contribution in [2.24, 2.45) is 5.73 Å². The molecular weight excluding hydrogens is 392 g/mol. The van der Waals surface area contributed by atoms with Crippen molar-refractivity contribution < 1.29 is 8.78 Å². The van der Waals surface area contributed by atoms with Crippen LogP contribution in [0, 0.1) is 25.5 Å². The van der Waals surface area contributed by atoms with Gasteiger partial charge in [-0.3, -0.25) is 0 Å². The summed E-state index contributed by atoms with van der Waals surface area (Å²) in [6.45, 7) is 3.52. The normalized spacial score (nSPS) is 12.6. The quantitative estimate of drug-likeness (QED) is 0.735. The maximum Gasteiger partial charge on any atom is 0.134 e. The molecule has 0 aliphatic carbocycles. The molecule has 0 amide bonds. The lowest BCUT2D eigenvalue weighted by atomic mass is 9.96. The zero-order valence-electron chi connectivity index (χ0n) is 11.0. The van der Waals surface area contributed by atoms with Crippen molar-refractivity contribution in [3.8, 4) is 0 Å². The van der Waals surface area contributed by atoms with Crippen molar-refractivity contribution in [1.82, 2.24) is 0 Å². The average Bonchev–Trinajstić information content (AvgIpc) is 2.38. The van der Waals surface area contributed by atoms with Gasteiger partial charge in [-0.15, -0.1) is 0 Å². The van der Waals surface area contributed by atoms with Gasteiger partial charge in [0.05, 0.1) is 6.04 Å². The average molecular weight is 405 g/mol. The maximum absolute atomic E-state index is 14.2. The second kappa shape index (κ2) is 5.92. The van der Waals surface area contributed by atoms with Gasteiger partial charge in [0.2, 0.25) is 0 Å². The smallest absolute Gasteiger partial charge is 0.134 e. The zero-order chi connectivity index (χ0) is 15.0. The highest BCUT2D eigenvalue weighted by molar-refractivity contribution is 9.11. The molecule has 2 N–H and O–H groups in total. The first-order chi connectivity index (χ1) is 9.32. The van der Waals surface area contributed by atoms with E-state index in [9.17, 15) is 8.78 Å². The van der Waals surface area contributed by atoms with E-state index in [2.05, 4.69) is 31.9 Å². The molecule has 20 heavy (non-hydrogen) atoms. The molecule has 2 aromatic carbocycles. The number of benzene rings is 2. The molecule has 1 atom stereocenters. The molecule has 0 fully saturated rings. The third-order valence-corrected chi connectivity index (χ3v) is 4.78. The highest BCUT2D eigenvalue weighted by Gasteiger charge is 2.22. The SMILES string of the molecule is Cc1cc(Br)c(C(N)c2c(F)ccc(C)c2F)cc1Br. The predicted octanol–water partition coefficient (Wildman–Crippen LogP) is 5.15. The standard InChI is InChI=1S/C15H13Br2F2N/c1-7-3-4-12(18)13(14(7)19)15(20)9-6-10(16)8(2)5-11(9)17/h3-6,15H,20H2,1-2H3. The largest absolute Gasteiger partial charge is 0.320 e. The Kier molecular flexibility index (Phi) is 4.62. The van der Waals surface area contributed by atoms with Crippen molar-refractivity contribution in [2.45, 2.75) is 19.9 Å². The molecule has 1 nitrogen and oxygen atoms in total. The molecule has 0 saturated carbocycles. The van der Waals surface area contributed by atoms with Gasteiger partial charge < -0.3 is 5.73 Å². The fraction of sp³-hybridized carbons (Fsp3) is 0.200. The Morgan fingerprint density at radius 3 is 2.30 bits per heavy atom. The summed E-state index contributed by atoms with van der Waals surface area (Å²) in [5.41, 5.74) is 7.98. The zero-order valence-corrected chi connectivity index (χ0v) is 14.1. The van der Waals surface area contributed by atoms with E-state index in [1.165, 1.54) is 12.1 Å². The predicted molar refractivity (Wildman–Crippen MR) is 83.7 cm³/mol. The molecule has 0 aromatic heterocycles. The van der Waals surface area contributed by atoms with Crippen molar-refractivity contribution in [3.63, 3.8) is 0 Å². The third kappa shape index (κ3) is 2.80. The summed E-state index contributed by atoms with van der Waals surface area (Å²) in [6.07, 6.45) is 0. The van der Waals surface area contributed by atoms with Crippen LogP contribution < -0.4 is 5.73 Å². The molecule has 0 aliphatic rings. The van der Waals surface area contributed by atoms with Crippen LogP contribution in [0.15, 0.2) is 33.2 Å². The first-order valence-electron chi connectivity index (χ1n) is 5.98. The van der Waals surface area contributed by atoms with Gasteiger partial charge in [-0.2, -0.15) is 0 Å². The Bertz CT molecular complexity index is 671. The van der Waals surface area contributed by atoms with Crippen molar-refractivity contribution >= 4 is 31.9 Å². The summed E-state index contributed by atoms with van der Waals surface area (Å²) in [5.74, 6) is -1.23. The van der Waals surface area contributed by atoms with Crippen LogP contribution in [-0.2, 0) is 0 Å². The molecule has 2 aromatic rings. The number of hydrogen-bond donors (Lipinski definition) is 1. The fourth-order valence-electron chi connectivity index (χ4n) is 2.02. The van der Waals surface area contributed by atoms with Gasteiger partial charge in [0, 0.05) is 14.5 Å². The van der Waals surface area contributed by atoms with Gasteiger partial charge in [-0.05, 0) is 48.7 Å². The lowest BCUT2D eigenvalue weighted by molar-refractivity contribution is 0.538. The Labute approximate surface area is 133 Å². The lowest BCUT2D eigenvalue weighted by Crippen LogP contribution is -2.17. The summed E-state index contributed by atoms with van der Waals surface area (Å²) in [6, 6.07) is 5.42. The van der Waals surface area contributed by atoms with Crippen molar-refractivity contribution in [3.05, 3.63) is 67.1 Å². The number of aryl methyl sites for hydroxylation is 2. The van der Waals surface area contributed by atoms with E-state index in [0.29, 0.717) is 11.1 Å². The second-order valence-corrected chi connectivity index (χ2v) is 6.40. The summed E-state index contributed by atoms with van der Waals surface area (Å²) < 4.78 is 29.7. The van der Waals surface area contributed by atoms with Crippen LogP contribution in [0.5, 0.6) is 0 Å². The van der Waals surface area contributed by atoms with E-state index in [-0.39, 0.29) is 5.56 Å². The first-order valence-corrected chi connectivity index (χ1v) is 7.57. The minimum atomic E-state index is -0.874. The maximum atomic E-state index is 14.2. The molecule has 5 heteroatoms. The van der Waals surface area contributed by atoms with Gasteiger partial charge in [0.25, 0.3) is 0 Å². The van der Waals surface area contributed by atoms with Gasteiger partial charge >= 0.3 is 0 Å². The number of rotatable bonds is 2. The summed E-state index contributed by atoms with van der Waals surface area (Å²) in [5, 5.41) is 0. The topological polar surface area (TPSA) is 26.0 Å². The second-order valence-electron chi connectivity index (χ2n) is 4.69. The van der Waals surface area contributed by atoms with Crippen molar-refractivity contribution in [1.29, 1.82) is 0 Å². The van der Waals surface area contributed by atoms with Gasteiger partial charge in [-0.1, -0.05) is 37.9 Å². The molecule has 0 spiro atoms. The Balaban J connectivity index is 2.60. The highest BCUT2D eigenvalue weighted by atomic mass is 79.9. The van der Waals surface area contributed by atoms with Gasteiger partial charge in [0.1, 0.15) is 11.6 Å². The summed E-state index contributed by atoms with van der Waals surface area (Å²) >= 11 is 6.81. The molecule has 0 saturated heterocycles. The van der Waals surface area contributed by atoms with Gasteiger partial charge in [-0.25, -0.2) is 8.78 Å². The monoisotopic (exact) mass is 403 g/mol. The minimum absolute atomic E-state index is 0.110. The Hall–Kier alpha value is -0.780. The van der Waals surface area contributed by atoms with Crippen LogP contribution >= 0.6 is 31.9 Å². The Morgan fingerprint density at radius 1 is 1.00 bits per heavy atom. The van der Waals surface area contributed by atoms with E-state index in [4.69, 9.17) is 5.73 Å². The molecule has 2 rings (SSSR count). The van der Waals surface area contributed by atoms with Gasteiger partial charge in [0.15, 0.2) is 0 Å². The molecule has 0 heterocycles. The molecule has 1 unspecified atom stereocenters. The van der Waals surface area contributed by atoms with Crippen LogP contribution in [-0.4, -0.2) is 0 Å². The highest BCUT2D eigenvalue weighted by Crippen LogP contribution is 2.34. The van der Waals surface area contributed by atoms with Crippen LogP contribution in [0.1, 0.15) is 28.3 Å². The third-order valence-electron chi connectivity index (χ3n) is 3.24. The minimum Gasteiger partial charge on any atom is -0.320 e. The van der Waals surface area contributed by atoms with Crippen LogP contribution in [0.25, 0.3) is 0 Å². The summed E-state index contributed by atoms with van der Waals surface area (Å²) in [4.78, 5) is 0. The number of hydrogen-bond acceptors (Lipinski definition) is 1.